The largest absolute Gasteiger partial charge is 0.330 e. The lowest BCUT2D eigenvalue weighted by Gasteiger charge is -2.35. The highest BCUT2D eigenvalue weighted by Gasteiger charge is 2.30. The van der Waals surface area contributed by atoms with Crippen molar-refractivity contribution in [2.75, 3.05) is 6.54 Å². The van der Waals surface area contributed by atoms with Crippen LogP contribution in [0.25, 0.3) is 0 Å². The summed E-state index contributed by atoms with van der Waals surface area (Å²) < 4.78 is 0. The van der Waals surface area contributed by atoms with Gasteiger partial charge in [-0.25, -0.2) is 0 Å². The zero-order chi connectivity index (χ0) is 9.97. The topological polar surface area (TPSA) is 38.0 Å². The first-order chi connectivity index (χ1) is 6.81. The summed E-state index contributed by atoms with van der Waals surface area (Å²) in [5.41, 5.74) is 5.78. The molecule has 2 saturated carbocycles. The smallest absolute Gasteiger partial charge is 0.0110 e. The lowest BCUT2D eigenvalue weighted by molar-refractivity contribution is 0.215. The molecule has 0 aromatic rings. The highest BCUT2D eigenvalue weighted by Crippen LogP contribution is 2.31. The van der Waals surface area contributed by atoms with E-state index in [4.69, 9.17) is 5.73 Å². The van der Waals surface area contributed by atoms with E-state index in [9.17, 15) is 0 Å². The van der Waals surface area contributed by atoms with Crippen LogP contribution in [0.15, 0.2) is 0 Å². The second-order valence-electron chi connectivity index (χ2n) is 5.18. The monoisotopic (exact) mass is 196 g/mol. The van der Waals surface area contributed by atoms with Gasteiger partial charge in [-0.1, -0.05) is 12.8 Å². The third kappa shape index (κ3) is 2.12. The van der Waals surface area contributed by atoms with Crippen LogP contribution in [-0.2, 0) is 0 Å². The molecule has 14 heavy (non-hydrogen) atoms. The predicted molar refractivity (Wildman–Crippen MR) is 60.1 cm³/mol. The van der Waals surface area contributed by atoms with Gasteiger partial charge in [-0.3, -0.25) is 0 Å². The van der Waals surface area contributed by atoms with E-state index >= 15 is 0 Å². The van der Waals surface area contributed by atoms with Crippen LogP contribution < -0.4 is 11.1 Å². The van der Waals surface area contributed by atoms with Crippen molar-refractivity contribution >= 4 is 0 Å². The van der Waals surface area contributed by atoms with Gasteiger partial charge in [0, 0.05) is 12.1 Å². The highest BCUT2D eigenvalue weighted by atomic mass is 15.0. The maximum atomic E-state index is 5.78. The summed E-state index contributed by atoms with van der Waals surface area (Å²) in [5.74, 6) is 1.70. The zero-order valence-electron chi connectivity index (χ0n) is 9.34. The molecule has 0 aromatic heterocycles. The van der Waals surface area contributed by atoms with Gasteiger partial charge in [-0.2, -0.15) is 0 Å². The van der Waals surface area contributed by atoms with E-state index in [0.29, 0.717) is 0 Å². The quantitative estimate of drug-likeness (QED) is 0.720. The van der Waals surface area contributed by atoms with Crippen molar-refractivity contribution in [1.82, 2.24) is 5.32 Å². The maximum absolute atomic E-state index is 5.78. The SMILES string of the molecule is CC(NC1CCCC1CN)C1CCC1. The molecular weight excluding hydrogens is 172 g/mol. The van der Waals surface area contributed by atoms with E-state index in [1.807, 2.05) is 0 Å². The van der Waals surface area contributed by atoms with Crippen molar-refractivity contribution in [3.63, 3.8) is 0 Å². The van der Waals surface area contributed by atoms with E-state index in [1.165, 1.54) is 38.5 Å². The number of nitrogens with two attached hydrogens (primary N) is 1. The summed E-state index contributed by atoms with van der Waals surface area (Å²) in [7, 11) is 0. The Morgan fingerprint density at radius 1 is 1.21 bits per heavy atom. The predicted octanol–water partition coefficient (Wildman–Crippen LogP) is 1.89. The number of nitrogens with one attached hydrogen (secondary N) is 1. The Morgan fingerprint density at radius 2 is 1.93 bits per heavy atom. The van der Waals surface area contributed by atoms with Gasteiger partial charge in [-0.15, -0.1) is 0 Å². The van der Waals surface area contributed by atoms with Crippen molar-refractivity contribution in [3.05, 3.63) is 0 Å². The Morgan fingerprint density at radius 3 is 2.50 bits per heavy atom. The summed E-state index contributed by atoms with van der Waals surface area (Å²) in [6, 6.07) is 1.44. The molecule has 0 bridgehead atoms. The van der Waals surface area contributed by atoms with Crippen molar-refractivity contribution < 1.29 is 0 Å². The van der Waals surface area contributed by atoms with Gasteiger partial charge in [0.1, 0.15) is 0 Å². The molecule has 0 aromatic carbocycles. The Labute approximate surface area is 87.6 Å². The van der Waals surface area contributed by atoms with Gasteiger partial charge in [0.15, 0.2) is 0 Å². The first-order valence-corrected chi connectivity index (χ1v) is 6.27. The molecule has 2 aliphatic carbocycles. The van der Waals surface area contributed by atoms with Gasteiger partial charge in [0.05, 0.1) is 0 Å². The van der Waals surface area contributed by atoms with E-state index in [0.717, 1.165) is 30.5 Å². The van der Waals surface area contributed by atoms with Crippen molar-refractivity contribution in [2.45, 2.75) is 57.5 Å². The van der Waals surface area contributed by atoms with Crippen molar-refractivity contribution in [1.29, 1.82) is 0 Å². The van der Waals surface area contributed by atoms with Gasteiger partial charge in [0.2, 0.25) is 0 Å². The summed E-state index contributed by atoms with van der Waals surface area (Å²) in [5, 5.41) is 3.80. The standard InChI is InChI=1S/C12H24N2/c1-9(10-4-2-5-10)14-12-7-3-6-11(12)8-13/h9-12,14H,2-8,13H2,1H3. The molecule has 2 aliphatic rings. The molecule has 2 nitrogen and oxygen atoms in total. The Balaban J connectivity index is 1.77. The molecule has 0 heterocycles. The van der Waals surface area contributed by atoms with E-state index in [2.05, 4.69) is 12.2 Å². The molecule has 2 heteroatoms. The van der Waals surface area contributed by atoms with Crippen LogP contribution in [0.3, 0.4) is 0 Å². The molecule has 0 radical (unpaired) electrons. The lowest BCUT2D eigenvalue weighted by atomic mass is 9.80. The van der Waals surface area contributed by atoms with Crippen LogP contribution in [0, 0.1) is 11.8 Å². The number of rotatable bonds is 4. The fourth-order valence-electron chi connectivity index (χ4n) is 2.95. The van der Waals surface area contributed by atoms with Gasteiger partial charge >= 0.3 is 0 Å². The van der Waals surface area contributed by atoms with Crippen LogP contribution >= 0.6 is 0 Å². The molecule has 0 spiro atoms. The Kier molecular flexibility index (Phi) is 3.45. The molecule has 2 rings (SSSR count). The average molecular weight is 196 g/mol. The Hall–Kier alpha value is -0.0800. The summed E-state index contributed by atoms with van der Waals surface area (Å²) >= 11 is 0. The minimum atomic E-state index is 0.718. The minimum Gasteiger partial charge on any atom is -0.330 e. The molecule has 3 N–H and O–H groups in total. The van der Waals surface area contributed by atoms with E-state index < -0.39 is 0 Å². The van der Waals surface area contributed by atoms with Gasteiger partial charge in [-0.05, 0) is 51.0 Å². The molecule has 2 fully saturated rings. The third-order valence-electron chi connectivity index (χ3n) is 4.30. The fraction of sp³-hybridized carbons (Fsp3) is 1.00. The van der Waals surface area contributed by atoms with E-state index in [-0.39, 0.29) is 0 Å². The van der Waals surface area contributed by atoms with Crippen molar-refractivity contribution in [3.8, 4) is 0 Å². The average Bonchev–Trinajstić information content (AvgIpc) is 2.48. The van der Waals surface area contributed by atoms with E-state index in [1.54, 1.807) is 0 Å². The zero-order valence-corrected chi connectivity index (χ0v) is 9.34. The van der Waals surface area contributed by atoms with Crippen LogP contribution in [0.1, 0.15) is 45.4 Å². The van der Waals surface area contributed by atoms with Crippen LogP contribution in [0.2, 0.25) is 0 Å². The van der Waals surface area contributed by atoms with Gasteiger partial charge < -0.3 is 11.1 Å². The molecule has 3 unspecified atom stereocenters. The fourth-order valence-corrected chi connectivity index (χ4v) is 2.95. The maximum Gasteiger partial charge on any atom is 0.0110 e. The van der Waals surface area contributed by atoms with Crippen LogP contribution in [0.4, 0.5) is 0 Å². The first kappa shape index (κ1) is 10.4. The second kappa shape index (κ2) is 4.63. The highest BCUT2D eigenvalue weighted by molar-refractivity contribution is 4.88. The molecular formula is C12H24N2. The normalized spacial score (nSPS) is 35.6. The molecule has 0 aliphatic heterocycles. The molecule has 0 saturated heterocycles. The molecule has 0 amide bonds. The summed E-state index contributed by atoms with van der Waals surface area (Å²) in [4.78, 5) is 0. The molecule has 82 valence electrons. The van der Waals surface area contributed by atoms with Crippen molar-refractivity contribution in [2.24, 2.45) is 17.6 Å². The minimum absolute atomic E-state index is 0.718. The lowest BCUT2D eigenvalue weighted by Crippen LogP contribution is -2.45. The van der Waals surface area contributed by atoms with Gasteiger partial charge in [0.25, 0.3) is 0 Å². The Bertz CT molecular complexity index is 177. The number of hydrogen-bond acceptors (Lipinski definition) is 2. The summed E-state index contributed by atoms with van der Waals surface area (Å²) in [6.45, 7) is 3.23. The van der Waals surface area contributed by atoms with Crippen LogP contribution in [0.5, 0.6) is 0 Å². The molecule has 3 atom stereocenters. The first-order valence-electron chi connectivity index (χ1n) is 6.27. The third-order valence-corrected chi connectivity index (χ3v) is 4.30. The second-order valence-corrected chi connectivity index (χ2v) is 5.18. The number of hydrogen-bond donors (Lipinski definition) is 2. The van der Waals surface area contributed by atoms with Crippen LogP contribution in [-0.4, -0.2) is 18.6 Å². The summed E-state index contributed by atoms with van der Waals surface area (Å²) in [6.07, 6.45) is 8.38.